The zero-order valence-corrected chi connectivity index (χ0v) is 13.7. The van der Waals surface area contributed by atoms with Crippen LogP contribution in [0, 0.1) is 6.92 Å². The second-order valence-electron chi connectivity index (χ2n) is 4.81. The molecule has 1 aromatic carbocycles. The van der Waals surface area contributed by atoms with Crippen molar-refractivity contribution in [2.24, 2.45) is 4.40 Å². The number of aromatic nitrogens is 1. The molecular weight excluding hydrogens is 395 g/mol. The maximum absolute atomic E-state index is 13.0. The van der Waals surface area contributed by atoms with Crippen molar-refractivity contribution in [1.82, 2.24) is 4.57 Å². The second-order valence-corrected chi connectivity index (χ2v) is 7.61. The van der Waals surface area contributed by atoms with Crippen LogP contribution >= 0.6 is 11.3 Å². The van der Waals surface area contributed by atoms with Gasteiger partial charge >= 0.3 is 21.8 Å². The molecule has 3 rings (SSSR count). The van der Waals surface area contributed by atoms with Gasteiger partial charge in [-0.25, -0.2) is 0 Å². The Hall–Kier alpha value is -2.15. The Bertz CT molecular complexity index is 1010. The highest BCUT2D eigenvalue weighted by Gasteiger charge is 2.46. The predicted octanol–water partition coefficient (Wildman–Crippen LogP) is 2.92. The quantitative estimate of drug-likeness (QED) is 0.725. The average Bonchev–Trinajstić information content (AvgIpc) is 2.93. The number of hydrogen-bond acceptors (Lipinski definition) is 5. The van der Waals surface area contributed by atoms with Crippen molar-refractivity contribution in [2.45, 2.75) is 18.7 Å². The Balaban J connectivity index is 2.13. The summed E-state index contributed by atoms with van der Waals surface area (Å²) in [6.45, 7) is 1.52. The third kappa shape index (κ3) is 3.33. The molecule has 0 aliphatic carbocycles. The fourth-order valence-electron chi connectivity index (χ4n) is 1.95. The van der Waals surface area contributed by atoms with Crippen LogP contribution in [0.25, 0.3) is 5.69 Å². The van der Waals surface area contributed by atoms with Gasteiger partial charge in [-0.3, -0.25) is 4.57 Å². The third-order valence-corrected chi connectivity index (χ3v) is 4.93. The smallest absolute Gasteiger partial charge is 0.395 e. The van der Waals surface area contributed by atoms with Crippen LogP contribution in [-0.2, 0) is 10.0 Å². The van der Waals surface area contributed by atoms with Crippen LogP contribution in [0.3, 0.4) is 0 Å². The Kier molecular flexibility index (Phi) is 3.83. The molecule has 0 saturated carbocycles. The molecule has 1 aliphatic heterocycles. The SMILES string of the molecule is Cc1cn(-c2ccc3c(c2)OC(F)(F)O3)c(=NS(=O)(=O)C(F)(F)F)s1. The summed E-state index contributed by atoms with van der Waals surface area (Å²) < 4.78 is 98.4. The first-order valence-electron chi connectivity index (χ1n) is 6.35. The molecule has 25 heavy (non-hydrogen) atoms. The van der Waals surface area contributed by atoms with E-state index in [1.54, 1.807) is 0 Å². The van der Waals surface area contributed by atoms with E-state index in [2.05, 4.69) is 13.9 Å². The maximum Gasteiger partial charge on any atom is 0.586 e. The van der Waals surface area contributed by atoms with Crippen molar-refractivity contribution in [3.63, 3.8) is 0 Å². The summed E-state index contributed by atoms with van der Waals surface area (Å²) in [4.78, 5) is -0.0560. The van der Waals surface area contributed by atoms with Crippen LogP contribution in [0.5, 0.6) is 11.5 Å². The lowest BCUT2D eigenvalue weighted by Crippen LogP contribution is -2.26. The normalized spacial score (nSPS) is 17.1. The van der Waals surface area contributed by atoms with E-state index < -0.39 is 26.6 Å². The fourth-order valence-corrected chi connectivity index (χ4v) is 3.49. The summed E-state index contributed by atoms with van der Waals surface area (Å²) in [5.41, 5.74) is -5.49. The third-order valence-electron chi connectivity index (χ3n) is 2.92. The number of fused-ring (bicyclic) bond motifs is 1. The van der Waals surface area contributed by atoms with Crippen LogP contribution in [0.4, 0.5) is 22.0 Å². The first-order chi connectivity index (χ1) is 11.4. The van der Waals surface area contributed by atoms with Crippen molar-refractivity contribution in [1.29, 1.82) is 0 Å². The number of hydrogen-bond donors (Lipinski definition) is 0. The van der Waals surface area contributed by atoms with Gasteiger partial charge in [-0.05, 0) is 19.1 Å². The highest BCUT2D eigenvalue weighted by Crippen LogP contribution is 2.41. The minimum Gasteiger partial charge on any atom is -0.395 e. The van der Waals surface area contributed by atoms with Gasteiger partial charge in [0.15, 0.2) is 11.5 Å². The largest absolute Gasteiger partial charge is 0.586 e. The van der Waals surface area contributed by atoms with E-state index in [4.69, 9.17) is 0 Å². The number of sulfonamides is 1. The Morgan fingerprint density at radius 1 is 1.20 bits per heavy atom. The Labute approximate surface area is 140 Å². The molecule has 0 spiro atoms. The summed E-state index contributed by atoms with van der Waals surface area (Å²) in [6, 6.07) is 3.43. The van der Waals surface area contributed by atoms with Crippen LogP contribution < -0.4 is 14.3 Å². The zero-order chi connectivity index (χ0) is 18.6. The fraction of sp³-hybridized carbons (Fsp3) is 0.250. The number of ether oxygens (including phenoxy) is 2. The van der Waals surface area contributed by atoms with Crippen LogP contribution in [0.1, 0.15) is 4.88 Å². The molecule has 0 N–H and O–H groups in total. The highest BCUT2D eigenvalue weighted by atomic mass is 32.2. The molecule has 6 nitrogen and oxygen atoms in total. The topological polar surface area (TPSA) is 69.9 Å². The minimum absolute atomic E-state index is 0.0699. The summed E-state index contributed by atoms with van der Waals surface area (Å²) in [5.74, 6) is -0.605. The number of thiazole rings is 1. The molecule has 0 bridgehead atoms. The van der Waals surface area contributed by atoms with Crippen molar-refractivity contribution in [3.05, 3.63) is 34.1 Å². The van der Waals surface area contributed by atoms with Gasteiger partial charge < -0.3 is 9.47 Å². The van der Waals surface area contributed by atoms with E-state index in [1.165, 1.54) is 19.2 Å². The van der Waals surface area contributed by atoms with E-state index in [9.17, 15) is 30.4 Å². The van der Waals surface area contributed by atoms with Gasteiger partial charge in [0.05, 0.1) is 5.69 Å². The van der Waals surface area contributed by atoms with Crippen LogP contribution in [0.15, 0.2) is 28.8 Å². The average molecular weight is 402 g/mol. The summed E-state index contributed by atoms with van der Waals surface area (Å²) >= 11 is 0.682. The molecule has 0 amide bonds. The monoisotopic (exact) mass is 402 g/mol. The van der Waals surface area contributed by atoms with Gasteiger partial charge in [-0.2, -0.15) is 21.6 Å². The van der Waals surface area contributed by atoms with Crippen LogP contribution in [-0.4, -0.2) is 24.8 Å². The summed E-state index contributed by atoms with van der Waals surface area (Å²) in [7, 11) is -5.76. The first-order valence-corrected chi connectivity index (χ1v) is 8.60. The Morgan fingerprint density at radius 2 is 1.84 bits per heavy atom. The molecule has 2 aromatic rings. The lowest BCUT2D eigenvalue weighted by Gasteiger charge is -2.05. The van der Waals surface area contributed by atoms with Crippen molar-refractivity contribution < 1.29 is 39.8 Å². The predicted molar refractivity (Wildman–Crippen MR) is 75.1 cm³/mol. The van der Waals surface area contributed by atoms with E-state index >= 15 is 0 Å². The van der Waals surface area contributed by atoms with Crippen molar-refractivity contribution in [3.8, 4) is 17.2 Å². The van der Waals surface area contributed by atoms with Gasteiger partial charge in [0.1, 0.15) is 0 Å². The second kappa shape index (κ2) is 5.42. The van der Waals surface area contributed by atoms with Crippen LogP contribution in [0.2, 0.25) is 0 Å². The molecule has 0 atom stereocenters. The Morgan fingerprint density at radius 3 is 2.48 bits per heavy atom. The van der Waals surface area contributed by atoms with Gasteiger partial charge in [-0.1, -0.05) is 0 Å². The molecule has 0 radical (unpaired) electrons. The number of benzene rings is 1. The van der Waals surface area contributed by atoms with E-state index in [0.717, 1.165) is 16.7 Å². The standard InChI is InChI=1S/C12H7F5N2O4S2/c1-6-5-19(10(24-6)18-25(20,21)11(13,14)15)7-2-3-8-9(4-7)23-12(16,17)22-8/h2-5H,1H3. The lowest BCUT2D eigenvalue weighted by molar-refractivity contribution is -0.286. The maximum atomic E-state index is 13.0. The highest BCUT2D eigenvalue weighted by molar-refractivity contribution is 7.90. The van der Waals surface area contributed by atoms with E-state index in [0.29, 0.717) is 16.2 Å². The van der Waals surface area contributed by atoms with Crippen molar-refractivity contribution >= 4 is 21.4 Å². The number of alkyl halides is 5. The first kappa shape index (κ1) is 17.7. The number of nitrogens with zero attached hydrogens (tertiary/aromatic N) is 2. The molecular formula is C12H7F5N2O4S2. The number of rotatable bonds is 2. The van der Waals surface area contributed by atoms with Gasteiger partial charge in [0.2, 0.25) is 4.80 Å². The molecule has 13 heteroatoms. The van der Waals surface area contributed by atoms with E-state index in [1.807, 2.05) is 0 Å². The lowest BCUT2D eigenvalue weighted by atomic mass is 10.3. The number of halogens is 5. The molecule has 0 saturated heterocycles. The molecule has 1 aliphatic rings. The molecule has 2 heterocycles. The molecule has 0 fully saturated rings. The van der Waals surface area contributed by atoms with Gasteiger partial charge in [0, 0.05) is 17.1 Å². The van der Waals surface area contributed by atoms with Gasteiger partial charge in [0.25, 0.3) is 0 Å². The molecule has 136 valence electrons. The summed E-state index contributed by atoms with van der Waals surface area (Å²) in [5, 5.41) is 0. The van der Waals surface area contributed by atoms with Gasteiger partial charge in [-0.15, -0.1) is 24.5 Å². The minimum atomic E-state index is -5.76. The number of aryl methyl sites for hydroxylation is 1. The summed E-state index contributed by atoms with van der Waals surface area (Å²) in [6.07, 6.45) is -2.55. The van der Waals surface area contributed by atoms with E-state index in [-0.39, 0.29) is 17.2 Å². The molecule has 0 unspecified atom stereocenters. The zero-order valence-electron chi connectivity index (χ0n) is 12.0. The molecule has 1 aromatic heterocycles. The van der Waals surface area contributed by atoms with Crippen molar-refractivity contribution in [2.75, 3.05) is 0 Å².